The number of rotatable bonds is 8. The number of carbonyl (C=O) groups is 1. The summed E-state index contributed by atoms with van der Waals surface area (Å²) in [6.45, 7) is 5.83. The number of aromatic nitrogens is 4. The fraction of sp³-hybridized carbons (Fsp3) is 0.833. The Balaban J connectivity index is 2.57. The number of aliphatic carboxylic acids is 1. The molecule has 0 aliphatic rings. The highest BCUT2D eigenvalue weighted by Crippen LogP contribution is 2.18. The molecule has 6 heteroatoms. The van der Waals surface area contributed by atoms with Crippen LogP contribution < -0.4 is 0 Å². The number of nitrogens with zero attached hydrogens (tertiary/aromatic N) is 4. The maximum Gasteiger partial charge on any atom is 0.310 e. The van der Waals surface area contributed by atoms with E-state index in [-0.39, 0.29) is 0 Å². The fourth-order valence-electron chi connectivity index (χ4n) is 1.68. The van der Waals surface area contributed by atoms with Crippen molar-refractivity contribution in [2.75, 3.05) is 0 Å². The number of aryl methyl sites for hydroxylation is 1. The fourth-order valence-corrected chi connectivity index (χ4v) is 1.68. The van der Waals surface area contributed by atoms with Crippen LogP contribution in [0, 0.1) is 5.41 Å². The molecule has 18 heavy (non-hydrogen) atoms. The molecule has 0 radical (unpaired) electrons. The third-order valence-corrected chi connectivity index (χ3v) is 2.98. The van der Waals surface area contributed by atoms with Crippen molar-refractivity contribution < 1.29 is 9.90 Å². The van der Waals surface area contributed by atoms with Crippen LogP contribution in [0.25, 0.3) is 0 Å². The Hall–Kier alpha value is -1.46. The highest BCUT2D eigenvalue weighted by atomic mass is 16.4. The molecule has 0 spiro atoms. The summed E-state index contributed by atoms with van der Waals surface area (Å²) in [5.41, 5.74) is -0.854. The molecular weight excluding hydrogens is 232 g/mol. The van der Waals surface area contributed by atoms with E-state index in [0.29, 0.717) is 6.54 Å². The molecule has 1 heterocycles. The SMILES string of the molecule is CCCCCCc1nnnn1CC(C)(C)C(=O)O. The molecule has 0 saturated carbocycles. The average Bonchev–Trinajstić information content (AvgIpc) is 2.71. The first kappa shape index (κ1) is 14.6. The molecule has 0 aliphatic heterocycles. The van der Waals surface area contributed by atoms with Gasteiger partial charge in [-0.2, -0.15) is 0 Å². The Kier molecular flexibility index (Phi) is 5.25. The third-order valence-electron chi connectivity index (χ3n) is 2.98. The molecule has 0 aliphatic carbocycles. The Morgan fingerprint density at radius 2 is 2.06 bits per heavy atom. The molecule has 1 aromatic rings. The highest BCUT2D eigenvalue weighted by molar-refractivity contribution is 5.73. The molecule has 1 rings (SSSR count). The van der Waals surface area contributed by atoms with Crippen LogP contribution >= 0.6 is 0 Å². The summed E-state index contributed by atoms with van der Waals surface area (Å²) in [4.78, 5) is 11.1. The van der Waals surface area contributed by atoms with Crippen LogP contribution in [0.5, 0.6) is 0 Å². The monoisotopic (exact) mass is 254 g/mol. The van der Waals surface area contributed by atoms with E-state index in [9.17, 15) is 4.79 Å². The number of carboxylic acids is 1. The van der Waals surface area contributed by atoms with Crippen LogP contribution in [0.2, 0.25) is 0 Å². The number of carboxylic acid groups (broad SMARTS) is 1. The van der Waals surface area contributed by atoms with Crippen molar-refractivity contribution >= 4 is 5.97 Å². The summed E-state index contributed by atoms with van der Waals surface area (Å²) in [5.74, 6) is -0.0599. The van der Waals surface area contributed by atoms with Crippen molar-refractivity contribution in [3.05, 3.63) is 5.82 Å². The quantitative estimate of drug-likeness (QED) is 0.717. The standard InChI is InChI=1S/C12H22N4O2/c1-4-5-6-7-8-10-13-14-15-16(10)9-12(2,3)11(17)18/h4-9H2,1-3H3,(H,17,18). The van der Waals surface area contributed by atoms with E-state index < -0.39 is 11.4 Å². The van der Waals surface area contributed by atoms with Crippen LogP contribution in [0.4, 0.5) is 0 Å². The van der Waals surface area contributed by atoms with Crippen molar-refractivity contribution in [1.29, 1.82) is 0 Å². The van der Waals surface area contributed by atoms with E-state index in [1.54, 1.807) is 18.5 Å². The van der Waals surface area contributed by atoms with Gasteiger partial charge in [0.25, 0.3) is 0 Å². The van der Waals surface area contributed by atoms with Crippen molar-refractivity contribution in [3.8, 4) is 0 Å². The number of hydrogen-bond donors (Lipinski definition) is 1. The average molecular weight is 254 g/mol. The van der Waals surface area contributed by atoms with Crippen molar-refractivity contribution in [1.82, 2.24) is 20.2 Å². The lowest BCUT2D eigenvalue weighted by atomic mass is 9.94. The summed E-state index contributed by atoms with van der Waals surface area (Å²) in [5, 5.41) is 20.6. The molecule has 0 amide bonds. The van der Waals surface area contributed by atoms with Crippen LogP contribution in [0.3, 0.4) is 0 Å². The minimum absolute atomic E-state index is 0.304. The summed E-state index contributed by atoms with van der Waals surface area (Å²) in [6.07, 6.45) is 5.41. The first-order valence-electron chi connectivity index (χ1n) is 6.46. The van der Waals surface area contributed by atoms with Crippen molar-refractivity contribution in [3.63, 3.8) is 0 Å². The lowest BCUT2D eigenvalue weighted by molar-refractivity contribution is -0.147. The molecule has 0 atom stereocenters. The smallest absolute Gasteiger partial charge is 0.310 e. The van der Waals surface area contributed by atoms with Gasteiger partial charge in [0.1, 0.15) is 0 Å². The molecule has 6 nitrogen and oxygen atoms in total. The maximum absolute atomic E-state index is 11.1. The zero-order valence-electron chi connectivity index (χ0n) is 11.4. The van der Waals surface area contributed by atoms with Crippen LogP contribution in [-0.2, 0) is 17.8 Å². The van der Waals surface area contributed by atoms with Gasteiger partial charge in [-0.25, -0.2) is 4.68 Å². The molecular formula is C12H22N4O2. The van der Waals surface area contributed by atoms with E-state index in [1.165, 1.54) is 12.8 Å². The highest BCUT2D eigenvalue weighted by Gasteiger charge is 2.29. The molecule has 102 valence electrons. The topological polar surface area (TPSA) is 80.9 Å². The zero-order valence-corrected chi connectivity index (χ0v) is 11.4. The molecule has 0 fully saturated rings. The lowest BCUT2D eigenvalue weighted by Crippen LogP contribution is -2.30. The van der Waals surface area contributed by atoms with E-state index in [4.69, 9.17) is 5.11 Å². The summed E-state index contributed by atoms with van der Waals surface area (Å²) < 4.78 is 1.61. The first-order chi connectivity index (χ1) is 8.47. The Bertz CT molecular complexity index is 387. The van der Waals surface area contributed by atoms with E-state index in [0.717, 1.165) is 25.1 Å². The minimum atomic E-state index is -0.854. The largest absolute Gasteiger partial charge is 0.481 e. The van der Waals surface area contributed by atoms with Crippen LogP contribution in [-0.4, -0.2) is 31.3 Å². The Morgan fingerprint density at radius 3 is 2.67 bits per heavy atom. The normalized spacial score (nSPS) is 11.7. The van der Waals surface area contributed by atoms with Gasteiger partial charge in [-0.1, -0.05) is 26.2 Å². The van der Waals surface area contributed by atoms with E-state index in [2.05, 4.69) is 22.4 Å². The Labute approximate surface area is 107 Å². The summed E-state index contributed by atoms with van der Waals surface area (Å²) >= 11 is 0. The van der Waals surface area contributed by atoms with Gasteiger partial charge in [-0.3, -0.25) is 4.79 Å². The second kappa shape index (κ2) is 6.47. The van der Waals surface area contributed by atoms with E-state index in [1.807, 2.05) is 0 Å². The van der Waals surface area contributed by atoms with Gasteiger partial charge in [0, 0.05) is 6.42 Å². The second-order valence-electron chi connectivity index (χ2n) is 5.25. The summed E-state index contributed by atoms with van der Waals surface area (Å²) in [7, 11) is 0. The number of hydrogen-bond acceptors (Lipinski definition) is 4. The molecule has 0 bridgehead atoms. The van der Waals surface area contributed by atoms with Gasteiger partial charge < -0.3 is 5.11 Å². The zero-order chi connectivity index (χ0) is 13.6. The van der Waals surface area contributed by atoms with Crippen molar-refractivity contribution in [2.45, 2.75) is 59.4 Å². The lowest BCUT2D eigenvalue weighted by Gasteiger charge is -2.19. The van der Waals surface area contributed by atoms with Crippen LogP contribution in [0.15, 0.2) is 0 Å². The molecule has 0 saturated heterocycles. The van der Waals surface area contributed by atoms with Gasteiger partial charge in [-0.15, -0.1) is 5.10 Å². The molecule has 1 N–H and O–H groups in total. The molecule has 0 aromatic carbocycles. The molecule has 0 unspecified atom stereocenters. The number of unbranched alkanes of at least 4 members (excludes halogenated alkanes) is 3. The summed E-state index contributed by atoms with van der Waals surface area (Å²) in [6, 6.07) is 0. The van der Waals surface area contributed by atoms with Gasteiger partial charge >= 0.3 is 5.97 Å². The van der Waals surface area contributed by atoms with Crippen LogP contribution in [0.1, 0.15) is 52.3 Å². The second-order valence-corrected chi connectivity index (χ2v) is 5.25. The minimum Gasteiger partial charge on any atom is -0.481 e. The predicted molar refractivity (Wildman–Crippen MR) is 67.1 cm³/mol. The van der Waals surface area contributed by atoms with Crippen molar-refractivity contribution in [2.24, 2.45) is 5.41 Å². The van der Waals surface area contributed by atoms with E-state index >= 15 is 0 Å². The predicted octanol–water partition coefficient (Wildman–Crippen LogP) is 1.91. The van der Waals surface area contributed by atoms with Gasteiger partial charge in [0.2, 0.25) is 0 Å². The van der Waals surface area contributed by atoms with Gasteiger partial charge in [0.15, 0.2) is 5.82 Å². The molecule has 1 aromatic heterocycles. The Morgan fingerprint density at radius 1 is 1.33 bits per heavy atom. The maximum atomic E-state index is 11.1. The van der Waals surface area contributed by atoms with Gasteiger partial charge in [-0.05, 0) is 30.7 Å². The first-order valence-corrected chi connectivity index (χ1v) is 6.46. The number of tetrazole rings is 1. The third kappa shape index (κ3) is 4.09. The van der Waals surface area contributed by atoms with Gasteiger partial charge in [0.05, 0.1) is 12.0 Å².